The van der Waals surface area contributed by atoms with Crippen molar-refractivity contribution in [3.8, 4) is 11.1 Å². The largest absolute Gasteiger partial charge is 0.121 e. The Balaban J connectivity index is 1.84. The van der Waals surface area contributed by atoms with E-state index in [9.17, 15) is 0 Å². The molecule has 0 aromatic heterocycles. The molecule has 0 heterocycles. The second kappa shape index (κ2) is 6.44. The molecule has 98 valence electrons. The predicted molar refractivity (Wildman–Crippen MR) is 87.9 cm³/mol. The van der Waals surface area contributed by atoms with E-state index in [0.717, 1.165) is 5.75 Å². The lowest BCUT2D eigenvalue weighted by atomic mass is 10.0. The molecule has 0 radical (unpaired) electrons. The molecule has 0 bridgehead atoms. The Hall–Kier alpha value is -1.99. The predicted octanol–water partition coefficient (Wildman–Crippen LogP) is 5.65. The summed E-state index contributed by atoms with van der Waals surface area (Å²) in [7, 11) is 0. The van der Waals surface area contributed by atoms with Crippen LogP contribution in [0.2, 0.25) is 0 Å². The van der Waals surface area contributed by atoms with Crippen LogP contribution < -0.4 is 0 Å². The van der Waals surface area contributed by atoms with Gasteiger partial charge in [-0.1, -0.05) is 72.8 Å². The number of hydrogen-bond donors (Lipinski definition) is 0. The molecule has 0 saturated carbocycles. The molecule has 0 saturated heterocycles. The lowest BCUT2D eigenvalue weighted by Gasteiger charge is -2.09. The van der Waals surface area contributed by atoms with Crippen LogP contribution in [0.15, 0.2) is 89.8 Å². The van der Waals surface area contributed by atoms with E-state index in [0.29, 0.717) is 0 Å². The van der Waals surface area contributed by atoms with Crippen LogP contribution in [0.3, 0.4) is 0 Å². The van der Waals surface area contributed by atoms with Gasteiger partial charge < -0.3 is 0 Å². The molecule has 0 nitrogen and oxygen atoms in total. The fourth-order valence-electron chi connectivity index (χ4n) is 2.22. The lowest BCUT2D eigenvalue weighted by Crippen LogP contribution is -1.87. The zero-order valence-electron chi connectivity index (χ0n) is 11.2. The third-order valence-corrected chi connectivity index (χ3v) is 4.30. The van der Waals surface area contributed by atoms with Gasteiger partial charge in [0, 0.05) is 10.6 Å². The van der Waals surface area contributed by atoms with Crippen molar-refractivity contribution in [3.05, 3.63) is 90.5 Å². The first-order valence-corrected chi connectivity index (χ1v) is 7.73. The first kappa shape index (κ1) is 13.0. The minimum absolute atomic E-state index is 0.995. The van der Waals surface area contributed by atoms with Gasteiger partial charge in [0.05, 0.1) is 0 Å². The maximum absolute atomic E-state index is 2.22. The van der Waals surface area contributed by atoms with Gasteiger partial charge in [-0.05, 0) is 28.8 Å². The van der Waals surface area contributed by atoms with Crippen LogP contribution in [0.25, 0.3) is 11.1 Å². The summed E-state index contributed by atoms with van der Waals surface area (Å²) in [5, 5.41) is 0. The number of benzene rings is 3. The van der Waals surface area contributed by atoms with Crippen LogP contribution in [0.4, 0.5) is 0 Å². The summed E-state index contributed by atoms with van der Waals surface area (Å²) in [6.45, 7) is 0. The Morgan fingerprint density at radius 3 is 1.95 bits per heavy atom. The Kier molecular flexibility index (Phi) is 4.19. The Morgan fingerprint density at radius 2 is 1.20 bits per heavy atom. The van der Waals surface area contributed by atoms with Gasteiger partial charge in [0.1, 0.15) is 0 Å². The van der Waals surface area contributed by atoms with Crippen molar-refractivity contribution in [1.29, 1.82) is 0 Å². The Bertz CT molecular complexity index is 660. The molecule has 1 heteroatoms. The molecule has 0 N–H and O–H groups in total. The molecule has 3 rings (SSSR count). The molecule has 0 spiro atoms. The first-order chi connectivity index (χ1) is 9.93. The topological polar surface area (TPSA) is 0 Å². The molecule has 0 unspecified atom stereocenters. The van der Waals surface area contributed by atoms with Crippen molar-refractivity contribution in [2.45, 2.75) is 10.6 Å². The summed E-state index contributed by atoms with van der Waals surface area (Å²) < 4.78 is 0. The molecular formula is C19H16S. The van der Waals surface area contributed by atoms with Gasteiger partial charge in [0.25, 0.3) is 0 Å². The minimum Gasteiger partial charge on any atom is -0.121 e. The van der Waals surface area contributed by atoms with Gasteiger partial charge in [-0.2, -0.15) is 0 Å². The first-order valence-electron chi connectivity index (χ1n) is 6.75. The highest BCUT2D eigenvalue weighted by Gasteiger charge is 2.04. The van der Waals surface area contributed by atoms with Gasteiger partial charge in [-0.3, -0.25) is 0 Å². The maximum atomic E-state index is 2.22. The fraction of sp³-hybridized carbons (Fsp3) is 0.0526. The van der Waals surface area contributed by atoms with Crippen molar-refractivity contribution in [1.82, 2.24) is 0 Å². The summed E-state index contributed by atoms with van der Waals surface area (Å²) in [4.78, 5) is 1.32. The summed E-state index contributed by atoms with van der Waals surface area (Å²) >= 11 is 1.88. The average molecular weight is 276 g/mol. The van der Waals surface area contributed by atoms with Crippen LogP contribution in [0.5, 0.6) is 0 Å². The third-order valence-electron chi connectivity index (χ3n) is 3.24. The number of thioether (sulfide) groups is 1. The van der Waals surface area contributed by atoms with E-state index in [-0.39, 0.29) is 0 Å². The summed E-state index contributed by atoms with van der Waals surface area (Å²) in [6.07, 6.45) is 0. The van der Waals surface area contributed by atoms with Gasteiger partial charge in [0.15, 0.2) is 0 Å². The van der Waals surface area contributed by atoms with Crippen LogP contribution in [0.1, 0.15) is 5.56 Å². The lowest BCUT2D eigenvalue weighted by molar-refractivity contribution is 1.38. The van der Waals surface area contributed by atoms with E-state index < -0.39 is 0 Å². The van der Waals surface area contributed by atoms with Crippen LogP contribution in [0, 0.1) is 0 Å². The van der Waals surface area contributed by atoms with Gasteiger partial charge in [0.2, 0.25) is 0 Å². The standard InChI is InChI=1S/C19H16S/c1-3-9-16(10-4-1)19-14-8-7-11-17(19)15-20-18-12-5-2-6-13-18/h1-14H,15H2. The van der Waals surface area contributed by atoms with E-state index in [1.165, 1.54) is 21.6 Å². The number of rotatable bonds is 4. The molecule has 0 aliphatic carbocycles. The summed E-state index contributed by atoms with van der Waals surface area (Å²) in [5.41, 5.74) is 4.00. The molecule has 0 atom stereocenters. The second-order valence-corrected chi connectivity index (χ2v) is 5.67. The minimum atomic E-state index is 0.995. The Labute approximate surface area is 124 Å². The highest BCUT2D eigenvalue weighted by molar-refractivity contribution is 7.98. The zero-order chi connectivity index (χ0) is 13.6. The summed E-state index contributed by atoms with van der Waals surface area (Å²) in [5.74, 6) is 0.995. The molecular weight excluding hydrogens is 260 g/mol. The van der Waals surface area contributed by atoms with Crippen LogP contribution in [-0.4, -0.2) is 0 Å². The molecule has 20 heavy (non-hydrogen) atoms. The van der Waals surface area contributed by atoms with Crippen molar-refractivity contribution >= 4 is 11.8 Å². The van der Waals surface area contributed by atoms with Crippen LogP contribution >= 0.6 is 11.8 Å². The molecule has 0 aliphatic heterocycles. The number of hydrogen-bond acceptors (Lipinski definition) is 1. The van der Waals surface area contributed by atoms with Crippen molar-refractivity contribution in [3.63, 3.8) is 0 Å². The zero-order valence-corrected chi connectivity index (χ0v) is 12.0. The van der Waals surface area contributed by atoms with E-state index in [1.54, 1.807) is 0 Å². The van der Waals surface area contributed by atoms with E-state index in [2.05, 4.69) is 84.9 Å². The smallest absolute Gasteiger partial charge is 0.0238 e. The monoisotopic (exact) mass is 276 g/mol. The summed E-state index contributed by atoms with van der Waals surface area (Å²) in [6, 6.07) is 29.8. The van der Waals surface area contributed by atoms with E-state index in [1.807, 2.05) is 11.8 Å². The van der Waals surface area contributed by atoms with Gasteiger partial charge in [-0.15, -0.1) is 11.8 Å². The molecule has 0 amide bonds. The van der Waals surface area contributed by atoms with Crippen molar-refractivity contribution in [2.24, 2.45) is 0 Å². The van der Waals surface area contributed by atoms with Crippen molar-refractivity contribution < 1.29 is 0 Å². The van der Waals surface area contributed by atoms with Gasteiger partial charge >= 0.3 is 0 Å². The Morgan fingerprint density at radius 1 is 0.600 bits per heavy atom. The highest BCUT2D eigenvalue weighted by atomic mass is 32.2. The average Bonchev–Trinajstić information content (AvgIpc) is 2.55. The molecule has 0 aliphatic rings. The molecule has 3 aromatic rings. The van der Waals surface area contributed by atoms with Crippen LogP contribution in [-0.2, 0) is 5.75 Å². The SMILES string of the molecule is c1ccc(SCc2ccccc2-c2ccccc2)cc1. The molecule has 0 fully saturated rings. The maximum Gasteiger partial charge on any atom is 0.0238 e. The fourth-order valence-corrected chi connectivity index (χ4v) is 3.15. The second-order valence-electron chi connectivity index (χ2n) is 4.62. The molecule has 3 aromatic carbocycles. The van der Waals surface area contributed by atoms with Crippen molar-refractivity contribution in [2.75, 3.05) is 0 Å². The van der Waals surface area contributed by atoms with E-state index in [4.69, 9.17) is 0 Å². The quantitative estimate of drug-likeness (QED) is 0.555. The van der Waals surface area contributed by atoms with Gasteiger partial charge in [-0.25, -0.2) is 0 Å². The normalized spacial score (nSPS) is 10.4. The highest BCUT2D eigenvalue weighted by Crippen LogP contribution is 2.29. The third kappa shape index (κ3) is 3.12. The van der Waals surface area contributed by atoms with E-state index >= 15 is 0 Å².